The monoisotopic (exact) mass is 263 g/mol. The maximum atomic E-state index is 12.3. The van der Waals surface area contributed by atoms with Gasteiger partial charge in [0, 0.05) is 11.9 Å². The number of aromatic nitrogens is 1. The molecule has 5 nitrogen and oxygen atoms in total. The summed E-state index contributed by atoms with van der Waals surface area (Å²) in [4.78, 5) is 17.7. The van der Waals surface area contributed by atoms with E-state index in [2.05, 4.69) is 4.98 Å². The summed E-state index contributed by atoms with van der Waals surface area (Å²) in [5.41, 5.74) is 8.89. The molecule has 1 amide bonds. The Morgan fingerprint density at radius 3 is 2.83 bits per heavy atom. The van der Waals surface area contributed by atoms with Crippen molar-refractivity contribution in [1.82, 2.24) is 4.98 Å². The summed E-state index contributed by atoms with van der Waals surface area (Å²) in [6, 6.07) is 7.05. The van der Waals surface area contributed by atoms with Crippen molar-refractivity contribution in [1.29, 1.82) is 0 Å². The van der Waals surface area contributed by atoms with Gasteiger partial charge < -0.3 is 15.7 Å². The lowest BCUT2D eigenvalue weighted by atomic mass is 10.2. The Morgan fingerprint density at radius 2 is 2.22 bits per heavy atom. The first-order valence-corrected chi connectivity index (χ1v) is 6.33. The summed E-state index contributed by atoms with van der Waals surface area (Å²) in [7, 11) is 0. The van der Waals surface area contributed by atoms with Crippen molar-refractivity contribution in [2.75, 3.05) is 23.8 Å². The lowest BCUT2D eigenvalue weighted by Gasteiger charge is -2.22. The number of nitrogen functional groups attached to an aromatic ring is 1. The highest BCUT2D eigenvalue weighted by Crippen LogP contribution is 2.23. The number of nitrogens with zero attached hydrogens (tertiary/aromatic N) is 2. The van der Waals surface area contributed by atoms with Crippen LogP contribution in [0.3, 0.4) is 0 Å². The van der Waals surface area contributed by atoms with Crippen LogP contribution in [-0.2, 0) is 0 Å². The lowest BCUT2D eigenvalue weighted by molar-refractivity contribution is 0.0977. The normalized spacial score (nSPS) is 10.3. The molecular weight excluding hydrogens is 250 g/mol. The van der Waals surface area contributed by atoms with Crippen LogP contribution in [0.1, 0.15) is 10.5 Å². The number of carbonyl (C=O) groups excluding carboxylic acids is 1. The molecule has 0 aliphatic rings. The lowest BCUT2D eigenvalue weighted by Crippen LogP contribution is -2.34. The van der Waals surface area contributed by atoms with Gasteiger partial charge in [-0.3, -0.25) is 4.79 Å². The number of aliphatic hydroxyl groups is 1. The van der Waals surface area contributed by atoms with Gasteiger partial charge in [0.1, 0.15) is 5.69 Å². The van der Waals surface area contributed by atoms with Crippen LogP contribution in [0.4, 0.5) is 11.4 Å². The molecule has 0 saturated heterocycles. The van der Waals surface area contributed by atoms with Gasteiger partial charge in [0.2, 0.25) is 0 Å². The van der Waals surface area contributed by atoms with Crippen LogP contribution in [0.5, 0.6) is 0 Å². The molecule has 2 rings (SSSR count). The summed E-state index contributed by atoms with van der Waals surface area (Å²) in [6.45, 7) is 0.0504. The Morgan fingerprint density at radius 1 is 1.44 bits per heavy atom. The standard InChI is InChI=1S/C12H13N3O2S/c13-9-3-1-2-4-11(9)15(5-6-16)12(17)10-7-18-8-14-10/h1-4,7-8,16H,5-6,13H2. The SMILES string of the molecule is Nc1ccccc1N(CCO)C(=O)c1cscn1. The average Bonchev–Trinajstić information content (AvgIpc) is 2.90. The quantitative estimate of drug-likeness (QED) is 0.816. The third kappa shape index (κ3) is 2.49. The van der Waals surface area contributed by atoms with Gasteiger partial charge in [0.15, 0.2) is 0 Å². The topological polar surface area (TPSA) is 79.5 Å². The van der Waals surface area contributed by atoms with Gasteiger partial charge in [0.05, 0.1) is 23.5 Å². The third-order valence-electron chi connectivity index (χ3n) is 2.45. The summed E-state index contributed by atoms with van der Waals surface area (Å²) >= 11 is 1.35. The Hall–Kier alpha value is -1.92. The molecule has 0 radical (unpaired) electrons. The molecule has 0 fully saturated rings. The van der Waals surface area contributed by atoms with Crippen LogP contribution >= 0.6 is 11.3 Å². The molecule has 0 aliphatic carbocycles. The predicted molar refractivity (Wildman–Crippen MR) is 71.7 cm³/mol. The van der Waals surface area contributed by atoms with Crippen LogP contribution in [0.25, 0.3) is 0 Å². The van der Waals surface area contributed by atoms with Gasteiger partial charge in [-0.25, -0.2) is 4.98 Å². The van der Waals surface area contributed by atoms with Crippen LogP contribution in [0, 0.1) is 0 Å². The van der Waals surface area contributed by atoms with Crippen molar-refractivity contribution in [3.63, 3.8) is 0 Å². The number of thiazole rings is 1. The Bertz CT molecular complexity index is 528. The Kier molecular flexibility index (Phi) is 3.91. The maximum absolute atomic E-state index is 12.3. The summed E-state index contributed by atoms with van der Waals surface area (Å²) < 4.78 is 0. The fourth-order valence-corrected chi connectivity index (χ4v) is 2.15. The van der Waals surface area contributed by atoms with E-state index >= 15 is 0 Å². The van der Waals surface area contributed by atoms with E-state index in [1.54, 1.807) is 35.2 Å². The molecule has 1 aromatic carbocycles. The highest BCUT2D eigenvalue weighted by molar-refractivity contribution is 7.07. The van der Waals surface area contributed by atoms with Crippen LogP contribution < -0.4 is 10.6 Å². The number of aliphatic hydroxyl groups excluding tert-OH is 1. The van der Waals surface area contributed by atoms with Crippen molar-refractivity contribution in [2.45, 2.75) is 0 Å². The number of para-hydroxylation sites is 2. The molecule has 0 aliphatic heterocycles. The van der Waals surface area contributed by atoms with E-state index in [-0.39, 0.29) is 19.1 Å². The average molecular weight is 263 g/mol. The molecule has 18 heavy (non-hydrogen) atoms. The minimum absolute atomic E-state index is 0.135. The van der Waals surface area contributed by atoms with E-state index in [1.165, 1.54) is 16.2 Å². The highest BCUT2D eigenvalue weighted by Gasteiger charge is 2.20. The zero-order valence-electron chi connectivity index (χ0n) is 9.61. The van der Waals surface area contributed by atoms with Gasteiger partial charge in [-0.15, -0.1) is 11.3 Å². The second-order valence-corrected chi connectivity index (χ2v) is 4.33. The molecule has 0 atom stereocenters. The molecule has 0 spiro atoms. The highest BCUT2D eigenvalue weighted by atomic mass is 32.1. The summed E-state index contributed by atoms with van der Waals surface area (Å²) in [5, 5.41) is 10.8. The second kappa shape index (κ2) is 5.61. The number of hydrogen-bond acceptors (Lipinski definition) is 5. The maximum Gasteiger partial charge on any atom is 0.277 e. The predicted octanol–water partition coefficient (Wildman–Crippen LogP) is 1.36. The van der Waals surface area contributed by atoms with Crippen LogP contribution in [0.2, 0.25) is 0 Å². The number of benzene rings is 1. The minimum Gasteiger partial charge on any atom is -0.397 e. The Balaban J connectivity index is 2.34. The number of anilines is 2. The van der Waals surface area contributed by atoms with Crippen LogP contribution in [0.15, 0.2) is 35.2 Å². The van der Waals surface area contributed by atoms with E-state index in [9.17, 15) is 4.79 Å². The van der Waals surface area contributed by atoms with Gasteiger partial charge >= 0.3 is 0 Å². The molecule has 3 N–H and O–H groups in total. The number of hydrogen-bond donors (Lipinski definition) is 2. The van der Waals surface area contributed by atoms with Crippen LogP contribution in [-0.4, -0.2) is 29.1 Å². The fraction of sp³-hybridized carbons (Fsp3) is 0.167. The van der Waals surface area contributed by atoms with Gasteiger partial charge in [-0.05, 0) is 12.1 Å². The van der Waals surface area contributed by atoms with Crippen molar-refractivity contribution in [3.05, 3.63) is 40.8 Å². The largest absolute Gasteiger partial charge is 0.397 e. The molecule has 94 valence electrons. The third-order valence-corrected chi connectivity index (χ3v) is 3.03. The molecule has 0 saturated carbocycles. The number of rotatable bonds is 4. The first-order valence-electron chi connectivity index (χ1n) is 5.39. The molecule has 1 heterocycles. The first kappa shape index (κ1) is 12.5. The second-order valence-electron chi connectivity index (χ2n) is 3.61. The number of carbonyl (C=O) groups is 1. The van der Waals surface area contributed by atoms with E-state index in [0.717, 1.165) is 0 Å². The number of amides is 1. The van der Waals surface area contributed by atoms with E-state index in [0.29, 0.717) is 17.1 Å². The van der Waals surface area contributed by atoms with Crippen molar-refractivity contribution >= 4 is 28.6 Å². The smallest absolute Gasteiger partial charge is 0.277 e. The minimum atomic E-state index is -0.261. The summed E-state index contributed by atoms with van der Waals surface area (Å²) in [5.74, 6) is -0.261. The van der Waals surface area contributed by atoms with Crippen molar-refractivity contribution < 1.29 is 9.90 Å². The van der Waals surface area contributed by atoms with E-state index in [4.69, 9.17) is 10.8 Å². The van der Waals surface area contributed by atoms with E-state index in [1.807, 2.05) is 0 Å². The van der Waals surface area contributed by atoms with Crippen molar-refractivity contribution in [3.8, 4) is 0 Å². The molecule has 2 aromatic rings. The zero-order chi connectivity index (χ0) is 13.0. The molecular formula is C12H13N3O2S. The Labute approximate surface area is 108 Å². The molecule has 0 bridgehead atoms. The van der Waals surface area contributed by atoms with Crippen molar-refractivity contribution in [2.24, 2.45) is 0 Å². The van der Waals surface area contributed by atoms with Gasteiger partial charge in [-0.2, -0.15) is 0 Å². The fourth-order valence-electron chi connectivity index (χ4n) is 1.62. The molecule has 0 unspecified atom stereocenters. The van der Waals surface area contributed by atoms with E-state index < -0.39 is 0 Å². The first-order chi connectivity index (χ1) is 8.74. The van der Waals surface area contributed by atoms with Gasteiger partial charge in [0.25, 0.3) is 5.91 Å². The van der Waals surface area contributed by atoms with Gasteiger partial charge in [-0.1, -0.05) is 12.1 Å². The number of nitrogens with two attached hydrogens (primary N) is 1. The summed E-state index contributed by atoms with van der Waals surface area (Å²) in [6.07, 6.45) is 0. The molecule has 1 aromatic heterocycles. The molecule has 6 heteroatoms. The zero-order valence-corrected chi connectivity index (χ0v) is 10.4.